The van der Waals surface area contributed by atoms with Crippen LogP contribution in [-0.2, 0) is 0 Å². The lowest BCUT2D eigenvalue weighted by Crippen LogP contribution is -2.10. The number of hydrogen-bond acceptors (Lipinski definition) is 6. The Morgan fingerprint density at radius 1 is 1.15 bits per heavy atom. The second-order valence-electron chi connectivity index (χ2n) is 5.71. The van der Waals surface area contributed by atoms with Gasteiger partial charge in [0.25, 0.3) is 0 Å². The number of oxazole rings is 1. The molecule has 0 aliphatic heterocycles. The number of imidazole rings is 1. The summed E-state index contributed by atoms with van der Waals surface area (Å²) in [7, 11) is 0. The number of anilines is 1. The predicted octanol–water partition coefficient (Wildman–Crippen LogP) is 2.95. The Balaban J connectivity index is 1.80. The molecule has 0 aliphatic rings. The van der Waals surface area contributed by atoms with Crippen LogP contribution in [0.1, 0.15) is 6.42 Å². The Bertz CT molecular complexity index is 1020. The van der Waals surface area contributed by atoms with Gasteiger partial charge in [0.15, 0.2) is 0 Å². The van der Waals surface area contributed by atoms with Crippen molar-refractivity contribution in [3.8, 4) is 22.6 Å². The number of hydrogen-bond donors (Lipinski definition) is 2. The molecule has 0 saturated heterocycles. The zero-order valence-electron chi connectivity index (χ0n) is 13.9. The van der Waals surface area contributed by atoms with E-state index in [4.69, 9.17) is 10.2 Å². The zero-order valence-corrected chi connectivity index (χ0v) is 13.9. The van der Waals surface area contributed by atoms with Crippen LogP contribution in [0.15, 0.2) is 53.4 Å². The molecular weight excluding hydrogens is 335 g/mol. The number of nitrogens with two attached hydrogens (primary N) is 1. The lowest BCUT2D eigenvalue weighted by molar-refractivity contribution is 0.596. The van der Waals surface area contributed by atoms with Gasteiger partial charge in [0.1, 0.15) is 23.5 Å². The van der Waals surface area contributed by atoms with Gasteiger partial charge in [-0.1, -0.05) is 0 Å². The van der Waals surface area contributed by atoms with Crippen molar-refractivity contribution in [1.82, 2.24) is 19.4 Å². The molecule has 0 atom stereocenters. The van der Waals surface area contributed by atoms with Gasteiger partial charge in [-0.3, -0.25) is 4.40 Å². The first kappa shape index (κ1) is 16.2. The van der Waals surface area contributed by atoms with E-state index in [-0.39, 0.29) is 5.82 Å². The van der Waals surface area contributed by atoms with Crippen LogP contribution >= 0.6 is 0 Å². The molecule has 0 bridgehead atoms. The van der Waals surface area contributed by atoms with Gasteiger partial charge in [-0.05, 0) is 43.3 Å². The smallest absolute Gasteiger partial charge is 0.306 e. The number of nitrogens with one attached hydrogen (secondary N) is 1. The molecular formula is C18H17FN6O. The second-order valence-corrected chi connectivity index (χ2v) is 5.71. The third-order valence-corrected chi connectivity index (χ3v) is 3.94. The molecule has 0 unspecified atom stereocenters. The Labute approximate surface area is 148 Å². The third kappa shape index (κ3) is 3.02. The molecule has 3 aromatic heterocycles. The van der Waals surface area contributed by atoms with E-state index in [1.165, 1.54) is 12.1 Å². The van der Waals surface area contributed by atoms with Crippen molar-refractivity contribution in [1.29, 1.82) is 0 Å². The Hall–Kier alpha value is -3.26. The van der Waals surface area contributed by atoms with Crippen molar-refractivity contribution >= 4 is 11.8 Å². The van der Waals surface area contributed by atoms with Crippen LogP contribution in [0.25, 0.3) is 28.5 Å². The van der Waals surface area contributed by atoms with Gasteiger partial charge in [-0.2, -0.15) is 4.98 Å². The highest BCUT2D eigenvalue weighted by molar-refractivity contribution is 5.79. The number of aromatic nitrogens is 4. The summed E-state index contributed by atoms with van der Waals surface area (Å²) in [5, 5.41) is 3.15. The Morgan fingerprint density at radius 3 is 2.81 bits per heavy atom. The topological polar surface area (TPSA) is 94.3 Å². The summed E-state index contributed by atoms with van der Waals surface area (Å²) in [5.41, 5.74) is 8.39. The van der Waals surface area contributed by atoms with E-state index in [1.807, 2.05) is 4.40 Å². The van der Waals surface area contributed by atoms with Crippen molar-refractivity contribution in [3.05, 3.63) is 54.8 Å². The molecule has 4 aromatic rings. The van der Waals surface area contributed by atoms with E-state index in [9.17, 15) is 4.39 Å². The van der Waals surface area contributed by atoms with Gasteiger partial charge in [-0.25, -0.2) is 14.4 Å². The molecule has 0 saturated carbocycles. The van der Waals surface area contributed by atoms with Crippen LogP contribution in [-0.4, -0.2) is 32.4 Å². The normalized spacial score (nSPS) is 11.2. The number of benzene rings is 1. The second kappa shape index (κ2) is 6.93. The van der Waals surface area contributed by atoms with Gasteiger partial charge < -0.3 is 15.5 Å². The fourth-order valence-corrected chi connectivity index (χ4v) is 2.72. The minimum Gasteiger partial charge on any atom is -0.432 e. The zero-order chi connectivity index (χ0) is 17.9. The summed E-state index contributed by atoms with van der Waals surface area (Å²) >= 11 is 0. The number of fused-ring (bicyclic) bond motifs is 1. The van der Waals surface area contributed by atoms with Gasteiger partial charge in [-0.15, -0.1) is 0 Å². The predicted molar refractivity (Wildman–Crippen MR) is 96.0 cm³/mol. The van der Waals surface area contributed by atoms with E-state index in [0.717, 1.165) is 17.7 Å². The van der Waals surface area contributed by atoms with E-state index < -0.39 is 0 Å². The molecule has 0 fully saturated rings. The van der Waals surface area contributed by atoms with Gasteiger partial charge in [0.2, 0.25) is 5.95 Å². The van der Waals surface area contributed by atoms with Gasteiger partial charge >= 0.3 is 5.84 Å². The van der Waals surface area contributed by atoms with Crippen LogP contribution in [0, 0.1) is 5.82 Å². The third-order valence-electron chi connectivity index (χ3n) is 3.94. The average Bonchev–Trinajstić information content (AvgIpc) is 3.24. The SMILES string of the molecule is NCCCNc1nccc(-c2c(-c3ccc(F)cc3)nc3occn23)n1. The molecule has 4 rings (SSSR count). The standard InChI is InChI=1S/C18H17FN6O/c19-13-4-2-12(3-5-13)15-16(25-10-11-26-18(25)24-15)14-6-9-22-17(23-14)21-8-1-7-20/h2-6,9-11H,1,7-8,20H2,(H,21,22,23). The van der Waals surface area contributed by atoms with Crippen LogP contribution in [0.2, 0.25) is 0 Å². The molecule has 0 radical (unpaired) electrons. The number of nitrogens with zero attached hydrogens (tertiary/aromatic N) is 4. The van der Waals surface area contributed by atoms with E-state index >= 15 is 0 Å². The average molecular weight is 352 g/mol. The van der Waals surface area contributed by atoms with E-state index in [0.29, 0.717) is 36.3 Å². The summed E-state index contributed by atoms with van der Waals surface area (Å²) < 4.78 is 20.5. The maximum absolute atomic E-state index is 13.3. The first-order valence-electron chi connectivity index (χ1n) is 8.25. The lowest BCUT2D eigenvalue weighted by Gasteiger charge is -2.07. The molecule has 0 aliphatic carbocycles. The number of halogens is 1. The molecule has 7 nitrogen and oxygen atoms in total. The van der Waals surface area contributed by atoms with Crippen molar-refractivity contribution in [2.45, 2.75) is 6.42 Å². The molecule has 132 valence electrons. The summed E-state index contributed by atoms with van der Waals surface area (Å²) in [4.78, 5) is 13.3. The quantitative estimate of drug-likeness (QED) is 0.518. The summed E-state index contributed by atoms with van der Waals surface area (Å²) in [6, 6.07) is 7.97. The van der Waals surface area contributed by atoms with Crippen LogP contribution in [0.4, 0.5) is 10.3 Å². The highest BCUT2D eigenvalue weighted by atomic mass is 19.1. The van der Waals surface area contributed by atoms with Gasteiger partial charge in [0.05, 0.1) is 5.69 Å². The first-order chi connectivity index (χ1) is 12.8. The molecule has 0 spiro atoms. The summed E-state index contributed by atoms with van der Waals surface area (Å²) in [6.45, 7) is 1.29. The highest BCUT2D eigenvalue weighted by Crippen LogP contribution is 2.32. The Kier molecular flexibility index (Phi) is 4.32. The number of rotatable bonds is 6. The fourth-order valence-electron chi connectivity index (χ4n) is 2.72. The molecule has 0 amide bonds. The maximum atomic E-state index is 13.3. The van der Waals surface area contributed by atoms with E-state index in [2.05, 4.69) is 20.3 Å². The lowest BCUT2D eigenvalue weighted by atomic mass is 10.1. The monoisotopic (exact) mass is 352 g/mol. The summed E-state index contributed by atoms with van der Waals surface area (Å²) in [5.74, 6) is 0.654. The van der Waals surface area contributed by atoms with Crippen molar-refractivity contribution < 1.29 is 8.81 Å². The largest absolute Gasteiger partial charge is 0.432 e. The van der Waals surface area contributed by atoms with Crippen LogP contribution in [0.5, 0.6) is 0 Å². The minimum absolute atomic E-state index is 0.299. The highest BCUT2D eigenvalue weighted by Gasteiger charge is 2.19. The van der Waals surface area contributed by atoms with Crippen molar-refractivity contribution in [3.63, 3.8) is 0 Å². The molecule has 8 heteroatoms. The molecule has 26 heavy (non-hydrogen) atoms. The fraction of sp³-hybridized carbons (Fsp3) is 0.167. The van der Waals surface area contributed by atoms with E-state index in [1.54, 1.807) is 36.9 Å². The van der Waals surface area contributed by atoms with Crippen LogP contribution < -0.4 is 11.1 Å². The van der Waals surface area contributed by atoms with Crippen molar-refractivity contribution in [2.24, 2.45) is 5.73 Å². The van der Waals surface area contributed by atoms with Gasteiger partial charge in [0, 0.05) is 24.5 Å². The van der Waals surface area contributed by atoms with Crippen molar-refractivity contribution in [2.75, 3.05) is 18.4 Å². The molecule has 3 heterocycles. The first-order valence-corrected chi connectivity index (χ1v) is 8.25. The summed E-state index contributed by atoms with van der Waals surface area (Å²) in [6.07, 6.45) is 5.84. The minimum atomic E-state index is -0.299. The van der Waals surface area contributed by atoms with Crippen LogP contribution in [0.3, 0.4) is 0 Å². The maximum Gasteiger partial charge on any atom is 0.306 e. The Morgan fingerprint density at radius 2 is 2.00 bits per heavy atom. The molecule has 1 aromatic carbocycles. The molecule has 3 N–H and O–H groups in total.